The van der Waals surface area contributed by atoms with Crippen LogP contribution in [0.3, 0.4) is 0 Å². The minimum atomic E-state index is 0.589. The van der Waals surface area contributed by atoms with E-state index in [9.17, 15) is 0 Å². The molecule has 0 radical (unpaired) electrons. The molecular weight excluding hydrogens is 290 g/mol. The zero-order chi connectivity index (χ0) is 12.5. The van der Waals surface area contributed by atoms with Crippen LogP contribution in [0.5, 0.6) is 0 Å². The number of hydrogen-bond acceptors (Lipinski definition) is 2. The van der Waals surface area contributed by atoms with Crippen LogP contribution in [-0.4, -0.2) is 5.90 Å². The van der Waals surface area contributed by atoms with Crippen LogP contribution in [0.15, 0.2) is 64.6 Å². The highest BCUT2D eigenvalue weighted by Gasteiger charge is 2.17. The van der Waals surface area contributed by atoms with Gasteiger partial charge in [0, 0.05) is 15.6 Å². The van der Waals surface area contributed by atoms with Crippen LogP contribution in [0, 0.1) is 0 Å². The lowest BCUT2D eigenvalue weighted by Gasteiger charge is -2.18. The van der Waals surface area contributed by atoms with E-state index in [-0.39, 0.29) is 0 Å². The molecule has 2 aromatic carbocycles. The van der Waals surface area contributed by atoms with Crippen LogP contribution in [0.2, 0.25) is 0 Å². The number of para-hydroxylation sites is 1. The largest absolute Gasteiger partial charge is 0.438 e. The van der Waals surface area contributed by atoms with Crippen LogP contribution in [0.4, 0.5) is 5.69 Å². The van der Waals surface area contributed by atoms with Gasteiger partial charge in [0.1, 0.15) is 5.76 Å². The molecule has 3 rings (SSSR count). The Morgan fingerprint density at radius 1 is 1.00 bits per heavy atom. The van der Waals surface area contributed by atoms with Gasteiger partial charge in [0.2, 0.25) is 5.90 Å². The second-order valence-electron chi connectivity index (χ2n) is 3.97. The molecule has 3 heteroatoms. The van der Waals surface area contributed by atoms with E-state index in [1.807, 2.05) is 48.5 Å². The predicted octanol–water partition coefficient (Wildman–Crippen LogP) is 4.53. The second-order valence-corrected chi connectivity index (χ2v) is 4.88. The molecule has 88 valence electrons. The van der Waals surface area contributed by atoms with Crippen molar-refractivity contribution in [2.75, 3.05) is 0 Å². The summed E-state index contributed by atoms with van der Waals surface area (Å²) in [5.74, 6) is 1.23. The van der Waals surface area contributed by atoms with Crippen molar-refractivity contribution in [3.8, 4) is 0 Å². The monoisotopic (exact) mass is 299 g/mol. The van der Waals surface area contributed by atoms with Crippen LogP contribution < -0.4 is 0 Å². The fourth-order valence-corrected chi connectivity index (χ4v) is 2.09. The van der Waals surface area contributed by atoms with Gasteiger partial charge >= 0.3 is 0 Å². The SMILES string of the molecule is C=C1OC(c2ccc(Br)cc2)=Nc2ccccc21. The van der Waals surface area contributed by atoms with E-state index in [0.717, 1.165) is 21.3 Å². The maximum atomic E-state index is 5.68. The summed E-state index contributed by atoms with van der Waals surface area (Å²) in [6.45, 7) is 3.94. The fraction of sp³-hybridized carbons (Fsp3) is 0. The number of hydrogen-bond donors (Lipinski definition) is 0. The third-order valence-electron chi connectivity index (χ3n) is 2.74. The molecule has 1 aliphatic rings. The van der Waals surface area contributed by atoms with Gasteiger partial charge in [-0.15, -0.1) is 0 Å². The molecule has 0 aromatic heterocycles. The number of benzene rings is 2. The summed E-state index contributed by atoms with van der Waals surface area (Å²) in [5.41, 5.74) is 2.78. The van der Waals surface area contributed by atoms with Crippen LogP contribution in [0.25, 0.3) is 5.76 Å². The topological polar surface area (TPSA) is 21.6 Å². The molecule has 1 aliphatic heterocycles. The lowest BCUT2D eigenvalue weighted by Crippen LogP contribution is -2.09. The average Bonchev–Trinajstić information content (AvgIpc) is 2.39. The summed E-state index contributed by atoms with van der Waals surface area (Å²) in [4.78, 5) is 4.51. The molecule has 0 saturated heterocycles. The fourth-order valence-electron chi connectivity index (χ4n) is 1.83. The molecule has 2 aromatic rings. The normalized spacial score (nSPS) is 13.6. The van der Waals surface area contributed by atoms with Crippen molar-refractivity contribution in [2.24, 2.45) is 4.99 Å². The van der Waals surface area contributed by atoms with E-state index in [0.29, 0.717) is 11.7 Å². The number of nitrogens with zero attached hydrogens (tertiary/aromatic N) is 1. The molecule has 0 aliphatic carbocycles. The van der Waals surface area contributed by atoms with Gasteiger partial charge in [-0.05, 0) is 36.4 Å². The average molecular weight is 300 g/mol. The predicted molar refractivity (Wildman–Crippen MR) is 76.9 cm³/mol. The van der Waals surface area contributed by atoms with E-state index < -0.39 is 0 Å². The van der Waals surface area contributed by atoms with Crippen molar-refractivity contribution in [2.45, 2.75) is 0 Å². The molecule has 18 heavy (non-hydrogen) atoms. The molecule has 0 unspecified atom stereocenters. The van der Waals surface area contributed by atoms with Crippen molar-refractivity contribution in [1.29, 1.82) is 0 Å². The minimum absolute atomic E-state index is 0.589. The van der Waals surface area contributed by atoms with Gasteiger partial charge in [0.05, 0.1) is 5.69 Å². The molecule has 0 amide bonds. The van der Waals surface area contributed by atoms with Gasteiger partial charge < -0.3 is 4.74 Å². The second kappa shape index (κ2) is 4.42. The molecule has 0 atom stereocenters. The maximum Gasteiger partial charge on any atom is 0.227 e. The van der Waals surface area contributed by atoms with Gasteiger partial charge in [-0.1, -0.05) is 34.6 Å². The van der Waals surface area contributed by atoms with Gasteiger partial charge in [0.15, 0.2) is 0 Å². The van der Waals surface area contributed by atoms with Crippen LogP contribution in [-0.2, 0) is 4.74 Å². The lowest BCUT2D eigenvalue weighted by molar-refractivity contribution is 0.505. The highest BCUT2D eigenvalue weighted by atomic mass is 79.9. The van der Waals surface area contributed by atoms with Crippen LogP contribution in [0.1, 0.15) is 11.1 Å². The summed E-state index contributed by atoms with van der Waals surface area (Å²) < 4.78 is 6.71. The summed E-state index contributed by atoms with van der Waals surface area (Å²) >= 11 is 3.41. The van der Waals surface area contributed by atoms with Crippen molar-refractivity contribution in [1.82, 2.24) is 0 Å². The highest BCUT2D eigenvalue weighted by molar-refractivity contribution is 9.10. The third-order valence-corrected chi connectivity index (χ3v) is 3.27. The van der Waals surface area contributed by atoms with E-state index in [1.54, 1.807) is 0 Å². The molecular formula is C15H10BrNO. The molecule has 0 fully saturated rings. The Labute approximate surface area is 114 Å². The zero-order valence-electron chi connectivity index (χ0n) is 9.56. The molecule has 0 saturated carbocycles. The van der Waals surface area contributed by atoms with Gasteiger partial charge in [0.25, 0.3) is 0 Å². The Kier molecular flexibility index (Phi) is 2.76. The Morgan fingerprint density at radius 2 is 1.72 bits per heavy atom. The minimum Gasteiger partial charge on any atom is -0.438 e. The lowest BCUT2D eigenvalue weighted by atomic mass is 10.1. The maximum absolute atomic E-state index is 5.68. The van der Waals surface area contributed by atoms with Crippen molar-refractivity contribution < 1.29 is 4.74 Å². The number of ether oxygens (including phenoxy) is 1. The molecule has 0 spiro atoms. The van der Waals surface area contributed by atoms with Crippen molar-refractivity contribution >= 4 is 33.3 Å². The van der Waals surface area contributed by atoms with Crippen molar-refractivity contribution in [3.63, 3.8) is 0 Å². The standard InChI is InChI=1S/C15H10BrNO/c1-10-13-4-2-3-5-14(13)17-15(18-10)11-6-8-12(16)9-7-11/h2-9H,1H2. The summed E-state index contributed by atoms with van der Waals surface area (Å²) in [6.07, 6.45) is 0. The zero-order valence-corrected chi connectivity index (χ0v) is 11.1. The first-order chi connectivity index (χ1) is 8.74. The van der Waals surface area contributed by atoms with Gasteiger partial charge in [-0.2, -0.15) is 0 Å². The van der Waals surface area contributed by atoms with E-state index in [2.05, 4.69) is 27.5 Å². The third kappa shape index (κ3) is 1.97. The smallest absolute Gasteiger partial charge is 0.227 e. The first kappa shape index (κ1) is 11.2. The quantitative estimate of drug-likeness (QED) is 0.758. The van der Waals surface area contributed by atoms with Gasteiger partial charge in [-0.25, -0.2) is 4.99 Å². The summed E-state index contributed by atoms with van der Waals surface area (Å²) in [6, 6.07) is 15.7. The Hall–Kier alpha value is -1.87. The first-order valence-corrected chi connectivity index (χ1v) is 6.34. The molecule has 0 bridgehead atoms. The Balaban J connectivity index is 2.08. The molecule has 0 N–H and O–H groups in total. The number of halogens is 1. The van der Waals surface area contributed by atoms with E-state index >= 15 is 0 Å². The summed E-state index contributed by atoms with van der Waals surface area (Å²) in [7, 11) is 0. The van der Waals surface area contributed by atoms with Crippen molar-refractivity contribution in [3.05, 3.63) is 70.7 Å². The number of aliphatic imine (C=N–C) groups is 1. The van der Waals surface area contributed by atoms with Crippen LogP contribution >= 0.6 is 15.9 Å². The highest BCUT2D eigenvalue weighted by Crippen LogP contribution is 2.32. The number of fused-ring (bicyclic) bond motifs is 1. The van der Waals surface area contributed by atoms with E-state index in [4.69, 9.17) is 4.74 Å². The van der Waals surface area contributed by atoms with E-state index in [1.165, 1.54) is 0 Å². The molecule has 1 heterocycles. The first-order valence-electron chi connectivity index (χ1n) is 5.55. The molecule has 2 nitrogen and oxygen atoms in total. The number of rotatable bonds is 1. The Morgan fingerprint density at radius 3 is 2.50 bits per heavy atom. The summed E-state index contributed by atoms with van der Waals surface area (Å²) in [5, 5.41) is 0. The Bertz CT molecular complexity index is 644. The van der Waals surface area contributed by atoms with Gasteiger partial charge in [-0.3, -0.25) is 0 Å².